The summed E-state index contributed by atoms with van der Waals surface area (Å²) in [4.78, 5) is 23.8. The molecule has 0 saturated heterocycles. The minimum absolute atomic E-state index is 0.118. The van der Waals surface area contributed by atoms with E-state index in [1.165, 1.54) is 4.40 Å². The van der Waals surface area contributed by atoms with E-state index in [0.29, 0.717) is 22.5 Å². The van der Waals surface area contributed by atoms with Crippen molar-refractivity contribution in [2.45, 2.75) is 34.6 Å². The molecule has 4 nitrogen and oxygen atoms in total. The van der Waals surface area contributed by atoms with Crippen LogP contribution < -0.4 is 11.2 Å². The molecule has 0 aliphatic heterocycles. The average Bonchev–Trinajstić information content (AvgIpc) is 2.30. The maximum absolute atomic E-state index is 12.2. The van der Waals surface area contributed by atoms with Crippen LogP contribution in [-0.4, -0.2) is 4.40 Å². The molecule has 0 N–H and O–H groups in total. The molecule has 90 valence electrons. The summed E-state index contributed by atoms with van der Waals surface area (Å²) in [5, 5.41) is 0. The number of fused-ring (bicyclic) bond motifs is 1. The van der Waals surface area contributed by atoms with Crippen molar-refractivity contribution in [3.8, 4) is 0 Å². The van der Waals surface area contributed by atoms with Crippen molar-refractivity contribution in [2.75, 3.05) is 0 Å². The zero-order chi connectivity index (χ0) is 12.9. The van der Waals surface area contributed by atoms with E-state index < -0.39 is 0 Å². The van der Waals surface area contributed by atoms with Gasteiger partial charge >= 0.3 is 5.63 Å². The zero-order valence-corrected chi connectivity index (χ0v) is 10.7. The fourth-order valence-electron chi connectivity index (χ4n) is 1.94. The fourth-order valence-corrected chi connectivity index (χ4v) is 1.94. The Hall–Kier alpha value is -1.84. The maximum Gasteiger partial charge on any atom is 0.342 e. The first-order valence-corrected chi connectivity index (χ1v) is 5.49. The number of aryl methyl sites for hydroxylation is 2. The third-order valence-corrected chi connectivity index (χ3v) is 3.55. The predicted octanol–water partition coefficient (Wildman–Crippen LogP) is 1.79. The predicted molar refractivity (Wildman–Crippen MR) is 65.9 cm³/mol. The normalized spacial score (nSPS) is 11.1. The van der Waals surface area contributed by atoms with Gasteiger partial charge in [0.05, 0.1) is 5.56 Å². The quantitative estimate of drug-likeness (QED) is 0.697. The van der Waals surface area contributed by atoms with Gasteiger partial charge in [-0.05, 0) is 40.2 Å². The van der Waals surface area contributed by atoms with Gasteiger partial charge in [-0.1, -0.05) is 0 Å². The molecule has 2 aromatic heterocycles. The van der Waals surface area contributed by atoms with Gasteiger partial charge < -0.3 is 4.42 Å². The van der Waals surface area contributed by atoms with Crippen LogP contribution in [0.1, 0.15) is 27.9 Å². The third-order valence-electron chi connectivity index (χ3n) is 3.55. The summed E-state index contributed by atoms with van der Waals surface area (Å²) < 4.78 is 6.71. The molecule has 2 aromatic rings. The van der Waals surface area contributed by atoms with E-state index in [2.05, 4.69) is 0 Å². The van der Waals surface area contributed by atoms with E-state index in [1.54, 1.807) is 20.8 Å². The number of pyridine rings is 1. The van der Waals surface area contributed by atoms with Crippen molar-refractivity contribution in [3.63, 3.8) is 0 Å². The molecular formula is C13H15NO3. The summed E-state index contributed by atoms with van der Waals surface area (Å²) in [5.74, 6) is 0. The summed E-state index contributed by atoms with van der Waals surface area (Å²) in [5.41, 5.74) is 3.38. The van der Waals surface area contributed by atoms with Crippen LogP contribution in [0.15, 0.2) is 14.0 Å². The van der Waals surface area contributed by atoms with Crippen LogP contribution in [-0.2, 0) is 0 Å². The first-order valence-electron chi connectivity index (χ1n) is 5.49. The fraction of sp³-hybridized carbons (Fsp3) is 0.385. The van der Waals surface area contributed by atoms with Crippen LogP contribution in [0.25, 0.3) is 5.71 Å². The summed E-state index contributed by atoms with van der Waals surface area (Å²) in [6.07, 6.45) is 0. The topological polar surface area (TPSA) is 51.7 Å². The lowest BCUT2D eigenvalue weighted by atomic mass is 10.1. The third kappa shape index (κ3) is 1.44. The van der Waals surface area contributed by atoms with Crippen molar-refractivity contribution < 1.29 is 4.42 Å². The molecule has 4 heteroatoms. The molecular weight excluding hydrogens is 218 g/mol. The Balaban J connectivity index is 3.24. The molecule has 0 aromatic carbocycles. The highest BCUT2D eigenvalue weighted by Gasteiger charge is 2.15. The smallest absolute Gasteiger partial charge is 0.342 e. The Morgan fingerprint density at radius 2 is 1.41 bits per heavy atom. The largest absolute Gasteiger partial charge is 0.405 e. The summed E-state index contributed by atoms with van der Waals surface area (Å²) in [7, 11) is 0. The van der Waals surface area contributed by atoms with Crippen LogP contribution in [0.4, 0.5) is 0 Å². The maximum atomic E-state index is 12.2. The molecule has 0 aliphatic carbocycles. The lowest BCUT2D eigenvalue weighted by Crippen LogP contribution is -2.24. The molecule has 0 aliphatic rings. The number of hydrogen-bond acceptors (Lipinski definition) is 3. The van der Waals surface area contributed by atoms with Gasteiger partial charge in [0.15, 0.2) is 0 Å². The molecule has 0 radical (unpaired) electrons. The summed E-state index contributed by atoms with van der Waals surface area (Å²) >= 11 is 0. The average molecular weight is 233 g/mol. The lowest BCUT2D eigenvalue weighted by Gasteiger charge is -2.11. The van der Waals surface area contributed by atoms with Crippen molar-refractivity contribution >= 4 is 5.71 Å². The van der Waals surface area contributed by atoms with Gasteiger partial charge in [-0.15, -0.1) is 0 Å². The van der Waals surface area contributed by atoms with Crippen molar-refractivity contribution in [1.29, 1.82) is 0 Å². The van der Waals surface area contributed by atoms with Gasteiger partial charge in [-0.2, -0.15) is 0 Å². The van der Waals surface area contributed by atoms with Crippen LogP contribution in [0.2, 0.25) is 0 Å². The number of rotatable bonds is 0. The summed E-state index contributed by atoms with van der Waals surface area (Å²) in [6.45, 7) is 8.93. The molecule has 0 spiro atoms. The molecule has 17 heavy (non-hydrogen) atoms. The molecule has 0 amide bonds. The van der Waals surface area contributed by atoms with E-state index in [1.807, 2.05) is 13.8 Å². The Bertz CT molecular complexity index is 735. The van der Waals surface area contributed by atoms with Gasteiger partial charge in [0.25, 0.3) is 5.56 Å². The molecule has 0 atom stereocenters. The zero-order valence-electron chi connectivity index (χ0n) is 10.7. The van der Waals surface area contributed by atoms with Gasteiger partial charge in [0.2, 0.25) is 5.71 Å². The second kappa shape index (κ2) is 3.58. The molecule has 0 unspecified atom stereocenters. The molecule has 0 saturated carbocycles. The lowest BCUT2D eigenvalue weighted by molar-refractivity contribution is 0.517. The highest BCUT2D eigenvalue weighted by molar-refractivity contribution is 5.51. The minimum Gasteiger partial charge on any atom is -0.405 e. The number of hydrogen-bond donors (Lipinski definition) is 0. The second-order valence-electron chi connectivity index (χ2n) is 4.42. The van der Waals surface area contributed by atoms with E-state index in [-0.39, 0.29) is 11.2 Å². The van der Waals surface area contributed by atoms with Gasteiger partial charge in [-0.3, -0.25) is 4.79 Å². The standard InChI is InChI=1S/C13H15NO3/c1-6-7(2)11(15)14-10(5)9(4)13(16)17-12(14)8(6)3/h1-5H3. The van der Waals surface area contributed by atoms with Gasteiger partial charge in [-0.25, -0.2) is 9.20 Å². The Labute approximate surface area is 98.5 Å². The van der Waals surface area contributed by atoms with E-state index >= 15 is 0 Å². The van der Waals surface area contributed by atoms with Gasteiger partial charge in [0.1, 0.15) is 0 Å². The highest BCUT2D eigenvalue weighted by atomic mass is 16.4. The van der Waals surface area contributed by atoms with E-state index in [4.69, 9.17) is 4.42 Å². The van der Waals surface area contributed by atoms with Gasteiger partial charge in [0, 0.05) is 16.8 Å². The van der Waals surface area contributed by atoms with Crippen LogP contribution >= 0.6 is 0 Å². The van der Waals surface area contributed by atoms with Crippen molar-refractivity contribution in [3.05, 3.63) is 48.7 Å². The summed E-state index contributed by atoms with van der Waals surface area (Å²) in [6, 6.07) is 0. The first-order chi connectivity index (χ1) is 7.86. The number of aromatic nitrogens is 1. The van der Waals surface area contributed by atoms with Crippen LogP contribution in [0, 0.1) is 34.6 Å². The van der Waals surface area contributed by atoms with E-state index in [9.17, 15) is 9.59 Å². The second-order valence-corrected chi connectivity index (χ2v) is 4.42. The van der Waals surface area contributed by atoms with E-state index in [0.717, 1.165) is 11.1 Å². The molecule has 0 bridgehead atoms. The van der Waals surface area contributed by atoms with Crippen LogP contribution in [0.5, 0.6) is 0 Å². The molecule has 0 fully saturated rings. The SMILES string of the molecule is Cc1c(C)c(=O)n2c(C)c(C)c(=O)oc2c1C. The first kappa shape index (κ1) is 11.6. The minimum atomic E-state index is -0.381. The van der Waals surface area contributed by atoms with Crippen molar-refractivity contribution in [1.82, 2.24) is 4.40 Å². The highest BCUT2D eigenvalue weighted by Crippen LogP contribution is 2.16. The Morgan fingerprint density at radius 3 is 2.00 bits per heavy atom. The Kier molecular flexibility index (Phi) is 2.45. The Morgan fingerprint density at radius 1 is 0.824 bits per heavy atom. The molecule has 2 heterocycles. The van der Waals surface area contributed by atoms with Crippen molar-refractivity contribution in [2.24, 2.45) is 0 Å². The number of nitrogens with zero attached hydrogens (tertiary/aromatic N) is 1. The van der Waals surface area contributed by atoms with Crippen LogP contribution in [0.3, 0.4) is 0 Å². The monoisotopic (exact) mass is 233 g/mol. The molecule has 2 rings (SSSR count).